The number of hydrogen-bond donors (Lipinski definition) is 1. The molecule has 0 fully saturated rings. The van der Waals surface area contributed by atoms with Crippen LogP contribution in [0.3, 0.4) is 0 Å². The average Bonchev–Trinajstić information content (AvgIpc) is 2.33. The van der Waals surface area contributed by atoms with Gasteiger partial charge in [-0.15, -0.1) is 0 Å². The van der Waals surface area contributed by atoms with Crippen LogP contribution >= 0.6 is 15.9 Å². The number of benzene rings is 2. The summed E-state index contributed by atoms with van der Waals surface area (Å²) in [6, 6.07) is 10.7. The van der Waals surface area contributed by atoms with Crippen molar-refractivity contribution in [1.29, 1.82) is 0 Å². The third-order valence-electron chi connectivity index (χ3n) is 3.06. The molecular weight excluding hydrogens is 312 g/mol. The van der Waals surface area contributed by atoms with Gasteiger partial charge in [0, 0.05) is 10.0 Å². The molecule has 2 rings (SSSR count). The Labute approximate surface area is 119 Å². The first-order valence-corrected chi connectivity index (χ1v) is 6.67. The van der Waals surface area contributed by atoms with E-state index in [1.165, 1.54) is 24.3 Å². The smallest absolute Gasteiger partial charge is 0.124 e. The summed E-state index contributed by atoms with van der Waals surface area (Å²) in [6.45, 7) is 1.83. The van der Waals surface area contributed by atoms with Crippen molar-refractivity contribution >= 4 is 15.9 Å². The SMILES string of the molecule is CC(N)(Cc1ccc(F)cc1Br)c1cccc(F)c1. The molecule has 19 heavy (non-hydrogen) atoms. The van der Waals surface area contributed by atoms with Crippen molar-refractivity contribution < 1.29 is 8.78 Å². The van der Waals surface area contributed by atoms with Crippen molar-refractivity contribution in [3.8, 4) is 0 Å². The first-order valence-electron chi connectivity index (χ1n) is 5.87. The summed E-state index contributed by atoms with van der Waals surface area (Å²) in [6.07, 6.45) is 0.483. The molecule has 0 amide bonds. The number of rotatable bonds is 3. The molecule has 2 aromatic rings. The van der Waals surface area contributed by atoms with Crippen molar-refractivity contribution in [1.82, 2.24) is 0 Å². The number of nitrogens with two attached hydrogens (primary N) is 1. The molecule has 0 saturated carbocycles. The Hall–Kier alpha value is -1.26. The van der Waals surface area contributed by atoms with Crippen LogP contribution in [0.1, 0.15) is 18.1 Å². The minimum absolute atomic E-state index is 0.305. The summed E-state index contributed by atoms with van der Waals surface area (Å²) >= 11 is 3.32. The second-order valence-corrected chi connectivity index (χ2v) is 5.69. The lowest BCUT2D eigenvalue weighted by Gasteiger charge is -2.26. The van der Waals surface area contributed by atoms with Crippen LogP contribution < -0.4 is 5.73 Å². The second-order valence-electron chi connectivity index (χ2n) is 4.84. The molecule has 1 atom stereocenters. The maximum absolute atomic E-state index is 13.3. The molecule has 0 spiro atoms. The number of halogens is 3. The number of hydrogen-bond acceptors (Lipinski definition) is 1. The lowest BCUT2D eigenvalue weighted by molar-refractivity contribution is 0.485. The van der Waals surface area contributed by atoms with Gasteiger partial charge in [0.1, 0.15) is 11.6 Å². The Morgan fingerprint density at radius 3 is 2.42 bits per heavy atom. The van der Waals surface area contributed by atoms with E-state index in [0.29, 0.717) is 16.5 Å². The van der Waals surface area contributed by atoms with Crippen molar-refractivity contribution in [2.24, 2.45) is 5.73 Å². The van der Waals surface area contributed by atoms with Gasteiger partial charge in [-0.05, 0) is 48.7 Å². The molecule has 0 radical (unpaired) electrons. The lowest BCUT2D eigenvalue weighted by atomic mass is 9.86. The largest absolute Gasteiger partial charge is 0.321 e. The fourth-order valence-electron chi connectivity index (χ4n) is 2.01. The summed E-state index contributed by atoms with van der Waals surface area (Å²) in [4.78, 5) is 0. The van der Waals surface area contributed by atoms with Crippen LogP contribution in [0.5, 0.6) is 0 Å². The van der Waals surface area contributed by atoms with Gasteiger partial charge in [0.05, 0.1) is 0 Å². The topological polar surface area (TPSA) is 26.0 Å². The van der Waals surface area contributed by atoms with Gasteiger partial charge >= 0.3 is 0 Å². The van der Waals surface area contributed by atoms with E-state index >= 15 is 0 Å². The van der Waals surface area contributed by atoms with E-state index in [1.54, 1.807) is 18.2 Å². The van der Waals surface area contributed by atoms with Crippen molar-refractivity contribution in [2.75, 3.05) is 0 Å². The molecule has 2 N–H and O–H groups in total. The molecule has 0 aliphatic rings. The summed E-state index contributed by atoms with van der Waals surface area (Å²) < 4.78 is 27.0. The predicted octanol–water partition coefficient (Wildman–Crippen LogP) is 4.14. The molecule has 0 aliphatic carbocycles. The monoisotopic (exact) mass is 325 g/mol. The molecule has 100 valence electrons. The molecule has 4 heteroatoms. The van der Waals surface area contributed by atoms with Crippen LogP contribution in [0, 0.1) is 11.6 Å². The van der Waals surface area contributed by atoms with Gasteiger partial charge < -0.3 is 5.73 Å². The predicted molar refractivity (Wildman–Crippen MR) is 75.7 cm³/mol. The van der Waals surface area contributed by atoms with E-state index in [-0.39, 0.29) is 11.6 Å². The zero-order valence-corrected chi connectivity index (χ0v) is 12.0. The maximum Gasteiger partial charge on any atom is 0.124 e. The summed E-state index contributed by atoms with van der Waals surface area (Å²) in [5.74, 6) is -0.618. The summed E-state index contributed by atoms with van der Waals surface area (Å²) in [5, 5.41) is 0. The fraction of sp³-hybridized carbons (Fsp3) is 0.200. The van der Waals surface area contributed by atoms with E-state index in [2.05, 4.69) is 15.9 Å². The Morgan fingerprint density at radius 2 is 1.79 bits per heavy atom. The molecule has 2 aromatic carbocycles. The Balaban J connectivity index is 2.30. The van der Waals surface area contributed by atoms with E-state index in [0.717, 1.165) is 5.56 Å². The third-order valence-corrected chi connectivity index (χ3v) is 3.80. The minimum Gasteiger partial charge on any atom is -0.321 e. The minimum atomic E-state index is -0.720. The van der Waals surface area contributed by atoms with Crippen LogP contribution in [-0.4, -0.2) is 0 Å². The van der Waals surface area contributed by atoms with Crippen molar-refractivity contribution in [3.63, 3.8) is 0 Å². The zero-order valence-electron chi connectivity index (χ0n) is 10.5. The van der Waals surface area contributed by atoms with Crippen molar-refractivity contribution in [3.05, 3.63) is 69.7 Å². The first-order chi connectivity index (χ1) is 8.88. The fourth-order valence-corrected chi connectivity index (χ4v) is 2.50. The third kappa shape index (κ3) is 3.39. The Morgan fingerprint density at radius 1 is 1.11 bits per heavy atom. The normalized spacial score (nSPS) is 14.2. The van der Waals surface area contributed by atoms with Crippen LogP contribution in [0.15, 0.2) is 46.9 Å². The highest BCUT2D eigenvalue weighted by Crippen LogP contribution is 2.27. The molecule has 0 saturated heterocycles. The van der Waals surface area contributed by atoms with Gasteiger partial charge in [-0.3, -0.25) is 0 Å². The second kappa shape index (κ2) is 5.39. The van der Waals surface area contributed by atoms with Crippen LogP contribution in [0.4, 0.5) is 8.78 Å². The van der Waals surface area contributed by atoms with E-state index < -0.39 is 5.54 Å². The zero-order chi connectivity index (χ0) is 14.0. The quantitative estimate of drug-likeness (QED) is 0.901. The van der Waals surface area contributed by atoms with Crippen LogP contribution in [0.2, 0.25) is 0 Å². The molecule has 1 nitrogen and oxygen atoms in total. The summed E-state index contributed by atoms with van der Waals surface area (Å²) in [7, 11) is 0. The lowest BCUT2D eigenvalue weighted by Crippen LogP contribution is -2.35. The van der Waals surface area contributed by atoms with E-state index in [1.807, 2.05) is 6.92 Å². The highest BCUT2D eigenvalue weighted by Gasteiger charge is 2.23. The van der Waals surface area contributed by atoms with Gasteiger partial charge in [0.25, 0.3) is 0 Å². The van der Waals surface area contributed by atoms with Crippen LogP contribution in [0.25, 0.3) is 0 Å². The van der Waals surface area contributed by atoms with Gasteiger partial charge in [-0.2, -0.15) is 0 Å². The van der Waals surface area contributed by atoms with Gasteiger partial charge in [-0.1, -0.05) is 34.1 Å². The highest BCUT2D eigenvalue weighted by molar-refractivity contribution is 9.10. The molecule has 0 bridgehead atoms. The van der Waals surface area contributed by atoms with E-state index in [9.17, 15) is 8.78 Å². The Kier molecular flexibility index (Phi) is 4.02. The van der Waals surface area contributed by atoms with Gasteiger partial charge in [0.15, 0.2) is 0 Å². The molecule has 0 aliphatic heterocycles. The average molecular weight is 326 g/mol. The first kappa shape index (κ1) is 14.2. The van der Waals surface area contributed by atoms with Gasteiger partial charge in [-0.25, -0.2) is 8.78 Å². The van der Waals surface area contributed by atoms with Gasteiger partial charge in [0.2, 0.25) is 0 Å². The maximum atomic E-state index is 13.3. The van der Waals surface area contributed by atoms with Crippen molar-refractivity contribution in [2.45, 2.75) is 18.9 Å². The standard InChI is InChI=1S/C15H14BrF2N/c1-15(19,11-3-2-4-12(17)7-11)9-10-5-6-13(18)8-14(10)16/h2-8H,9,19H2,1H3. The van der Waals surface area contributed by atoms with E-state index in [4.69, 9.17) is 5.73 Å². The summed E-state index contributed by atoms with van der Waals surface area (Å²) in [5.41, 5.74) is 7.14. The molecule has 0 heterocycles. The van der Waals surface area contributed by atoms with Crippen LogP contribution in [-0.2, 0) is 12.0 Å². The molecule has 0 aromatic heterocycles. The highest BCUT2D eigenvalue weighted by atomic mass is 79.9. The Bertz CT molecular complexity index is 596. The molecule has 1 unspecified atom stereocenters. The molecular formula is C15H14BrF2N.